The highest BCUT2D eigenvalue weighted by Gasteiger charge is 2.16. The van der Waals surface area contributed by atoms with Crippen LogP contribution in [0.3, 0.4) is 0 Å². The quantitative estimate of drug-likeness (QED) is 0.799. The second kappa shape index (κ2) is 4.45. The summed E-state index contributed by atoms with van der Waals surface area (Å²) in [6.45, 7) is 5.72. The van der Waals surface area contributed by atoms with Gasteiger partial charge in [-0.25, -0.2) is 0 Å². The summed E-state index contributed by atoms with van der Waals surface area (Å²) in [7, 11) is 1.75. The maximum atomic E-state index is 11.7. The zero-order chi connectivity index (χ0) is 11.6. The number of rotatable bonds is 2. The Kier molecular flexibility index (Phi) is 3.48. The Labute approximate surface area is 90.9 Å². The van der Waals surface area contributed by atoms with Crippen LogP contribution in [-0.2, 0) is 4.79 Å². The summed E-state index contributed by atoms with van der Waals surface area (Å²) >= 11 is 0. The molecule has 15 heavy (non-hydrogen) atoms. The molecule has 0 heterocycles. The van der Waals surface area contributed by atoms with E-state index in [0.29, 0.717) is 0 Å². The number of aryl methyl sites for hydroxylation is 2. The summed E-state index contributed by atoms with van der Waals surface area (Å²) in [4.78, 5) is 13.3. The van der Waals surface area contributed by atoms with E-state index in [0.717, 1.165) is 11.3 Å². The van der Waals surface area contributed by atoms with E-state index in [4.69, 9.17) is 5.73 Å². The lowest BCUT2D eigenvalue weighted by atomic mass is 10.1. The van der Waals surface area contributed by atoms with Crippen molar-refractivity contribution in [3.05, 3.63) is 29.3 Å². The van der Waals surface area contributed by atoms with Crippen LogP contribution in [0.5, 0.6) is 0 Å². The fraction of sp³-hybridized carbons (Fsp3) is 0.417. The Hall–Kier alpha value is -1.35. The highest BCUT2D eigenvalue weighted by molar-refractivity contribution is 5.96. The smallest absolute Gasteiger partial charge is 0.243 e. The SMILES string of the molecule is Cc1ccc(N(C)C(=O)[C@H](C)N)c(C)c1. The summed E-state index contributed by atoms with van der Waals surface area (Å²) in [6.07, 6.45) is 0. The fourth-order valence-electron chi connectivity index (χ4n) is 1.61. The zero-order valence-electron chi connectivity index (χ0n) is 9.74. The van der Waals surface area contributed by atoms with Gasteiger partial charge in [0.25, 0.3) is 0 Å². The van der Waals surface area contributed by atoms with Gasteiger partial charge in [-0.3, -0.25) is 4.79 Å². The minimum Gasteiger partial charge on any atom is -0.320 e. The molecule has 1 atom stereocenters. The number of hydrogen-bond acceptors (Lipinski definition) is 2. The van der Waals surface area contributed by atoms with Gasteiger partial charge in [0.2, 0.25) is 5.91 Å². The molecule has 0 aliphatic rings. The van der Waals surface area contributed by atoms with Crippen LogP contribution >= 0.6 is 0 Å². The van der Waals surface area contributed by atoms with Crippen LogP contribution < -0.4 is 10.6 Å². The number of amides is 1. The molecule has 0 saturated heterocycles. The minimum absolute atomic E-state index is 0.0676. The van der Waals surface area contributed by atoms with Gasteiger partial charge >= 0.3 is 0 Å². The molecule has 2 N–H and O–H groups in total. The van der Waals surface area contributed by atoms with Crippen LogP contribution in [0.25, 0.3) is 0 Å². The molecule has 0 spiro atoms. The largest absolute Gasteiger partial charge is 0.320 e. The van der Waals surface area contributed by atoms with Crippen molar-refractivity contribution in [2.45, 2.75) is 26.8 Å². The molecule has 1 amide bonds. The van der Waals surface area contributed by atoms with E-state index in [-0.39, 0.29) is 5.91 Å². The lowest BCUT2D eigenvalue weighted by Crippen LogP contribution is -2.40. The van der Waals surface area contributed by atoms with Crippen molar-refractivity contribution in [3.8, 4) is 0 Å². The molecule has 0 saturated carbocycles. The van der Waals surface area contributed by atoms with E-state index in [2.05, 4.69) is 6.07 Å². The Balaban J connectivity index is 3.01. The van der Waals surface area contributed by atoms with Gasteiger partial charge in [0.1, 0.15) is 0 Å². The lowest BCUT2D eigenvalue weighted by Gasteiger charge is -2.21. The molecule has 1 aromatic rings. The van der Waals surface area contributed by atoms with Crippen molar-refractivity contribution < 1.29 is 4.79 Å². The summed E-state index contributed by atoms with van der Waals surface area (Å²) in [6, 6.07) is 5.54. The number of likely N-dealkylation sites (N-methyl/N-ethyl adjacent to an activating group) is 1. The molecular weight excluding hydrogens is 188 g/mol. The molecule has 0 radical (unpaired) electrons. The molecule has 0 aliphatic heterocycles. The van der Waals surface area contributed by atoms with Crippen LogP contribution in [0.4, 0.5) is 5.69 Å². The van der Waals surface area contributed by atoms with E-state index in [1.807, 2.05) is 26.0 Å². The summed E-state index contributed by atoms with van der Waals surface area (Å²) in [5.41, 5.74) is 8.76. The molecule has 0 fully saturated rings. The molecule has 0 aliphatic carbocycles. The van der Waals surface area contributed by atoms with E-state index in [1.54, 1.807) is 18.9 Å². The van der Waals surface area contributed by atoms with Crippen LogP contribution in [0, 0.1) is 13.8 Å². The van der Waals surface area contributed by atoms with Gasteiger partial charge in [-0.15, -0.1) is 0 Å². The van der Waals surface area contributed by atoms with Crippen molar-refractivity contribution in [3.63, 3.8) is 0 Å². The maximum absolute atomic E-state index is 11.7. The van der Waals surface area contributed by atoms with Crippen molar-refractivity contribution in [1.29, 1.82) is 0 Å². The van der Waals surface area contributed by atoms with E-state index < -0.39 is 6.04 Å². The number of nitrogens with zero attached hydrogens (tertiary/aromatic N) is 1. The molecule has 82 valence electrons. The van der Waals surface area contributed by atoms with Gasteiger partial charge < -0.3 is 10.6 Å². The standard InChI is InChI=1S/C12H18N2O/c1-8-5-6-11(9(2)7-8)14(4)12(15)10(3)13/h5-7,10H,13H2,1-4H3/t10-/m0/s1. The molecule has 1 rings (SSSR count). The molecule has 3 nitrogen and oxygen atoms in total. The van der Waals surface area contributed by atoms with Crippen molar-refractivity contribution in [1.82, 2.24) is 0 Å². The monoisotopic (exact) mass is 206 g/mol. The van der Waals surface area contributed by atoms with Gasteiger partial charge in [0.15, 0.2) is 0 Å². The van der Waals surface area contributed by atoms with E-state index >= 15 is 0 Å². The number of nitrogens with two attached hydrogens (primary N) is 1. The molecule has 0 bridgehead atoms. The first kappa shape index (κ1) is 11.7. The Morgan fingerprint density at radius 2 is 2.00 bits per heavy atom. The average Bonchev–Trinajstić information content (AvgIpc) is 2.15. The zero-order valence-corrected chi connectivity index (χ0v) is 9.74. The Bertz CT molecular complexity index is 372. The molecular formula is C12H18N2O. The number of carbonyl (C=O) groups is 1. The highest BCUT2D eigenvalue weighted by atomic mass is 16.2. The molecule has 0 unspecified atom stereocenters. The van der Waals surface area contributed by atoms with Gasteiger partial charge in [0.05, 0.1) is 6.04 Å². The Morgan fingerprint density at radius 1 is 1.40 bits per heavy atom. The molecule has 0 aromatic heterocycles. The van der Waals surface area contributed by atoms with Gasteiger partial charge in [-0.2, -0.15) is 0 Å². The third-order valence-electron chi connectivity index (χ3n) is 2.43. The second-order valence-electron chi connectivity index (χ2n) is 3.98. The third kappa shape index (κ3) is 2.57. The Morgan fingerprint density at radius 3 is 2.47 bits per heavy atom. The van der Waals surface area contributed by atoms with E-state index in [1.165, 1.54) is 5.56 Å². The van der Waals surface area contributed by atoms with Gasteiger partial charge in [-0.1, -0.05) is 17.7 Å². The topological polar surface area (TPSA) is 46.3 Å². The highest BCUT2D eigenvalue weighted by Crippen LogP contribution is 2.20. The first-order chi connectivity index (χ1) is 6.93. The van der Waals surface area contributed by atoms with Crippen LogP contribution in [-0.4, -0.2) is 19.0 Å². The maximum Gasteiger partial charge on any atom is 0.243 e. The third-order valence-corrected chi connectivity index (χ3v) is 2.43. The molecule has 1 aromatic carbocycles. The summed E-state index contributed by atoms with van der Waals surface area (Å²) < 4.78 is 0. The number of carbonyl (C=O) groups excluding carboxylic acids is 1. The predicted molar refractivity (Wildman–Crippen MR) is 63.0 cm³/mol. The minimum atomic E-state index is -0.462. The second-order valence-corrected chi connectivity index (χ2v) is 3.98. The number of hydrogen-bond donors (Lipinski definition) is 1. The van der Waals surface area contributed by atoms with Crippen LogP contribution in [0.2, 0.25) is 0 Å². The van der Waals surface area contributed by atoms with Crippen molar-refractivity contribution in [2.24, 2.45) is 5.73 Å². The van der Waals surface area contributed by atoms with Crippen LogP contribution in [0.15, 0.2) is 18.2 Å². The number of anilines is 1. The normalized spacial score (nSPS) is 12.3. The van der Waals surface area contributed by atoms with Crippen LogP contribution in [0.1, 0.15) is 18.1 Å². The van der Waals surface area contributed by atoms with E-state index in [9.17, 15) is 4.79 Å². The average molecular weight is 206 g/mol. The van der Waals surface area contributed by atoms with Crippen molar-refractivity contribution in [2.75, 3.05) is 11.9 Å². The van der Waals surface area contributed by atoms with Crippen molar-refractivity contribution >= 4 is 11.6 Å². The lowest BCUT2D eigenvalue weighted by molar-refractivity contribution is -0.119. The molecule has 3 heteroatoms. The first-order valence-corrected chi connectivity index (χ1v) is 5.04. The summed E-state index contributed by atoms with van der Waals surface area (Å²) in [5.74, 6) is -0.0676. The number of benzene rings is 1. The predicted octanol–water partition coefficient (Wildman–Crippen LogP) is 1.61. The van der Waals surface area contributed by atoms with Gasteiger partial charge in [-0.05, 0) is 32.4 Å². The summed E-state index contributed by atoms with van der Waals surface area (Å²) in [5, 5.41) is 0. The van der Waals surface area contributed by atoms with Gasteiger partial charge in [0, 0.05) is 12.7 Å². The fourth-order valence-corrected chi connectivity index (χ4v) is 1.61. The first-order valence-electron chi connectivity index (χ1n) is 5.04.